The first-order valence-corrected chi connectivity index (χ1v) is 5.61. The molecule has 8 heteroatoms. The zero-order valence-corrected chi connectivity index (χ0v) is 10.3. The van der Waals surface area contributed by atoms with Crippen molar-refractivity contribution in [2.75, 3.05) is 5.32 Å². The molecule has 0 aliphatic rings. The highest BCUT2D eigenvalue weighted by Crippen LogP contribution is 2.30. The Morgan fingerprint density at radius 1 is 1.14 bits per heavy atom. The summed E-state index contributed by atoms with van der Waals surface area (Å²) in [5.41, 5.74) is -1.28. The lowest BCUT2D eigenvalue weighted by atomic mass is 10.2. The van der Waals surface area contributed by atoms with E-state index >= 15 is 0 Å². The number of nitrogens with zero attached hydrogens (tertiary/aromatic N) is 1. The quantitative estimate of drug-likeness (QED) is 0.849. The largest absolute Gasteiger partial charge is 0.478 e. The minimum absolute atomic E-state index is 0.150. The summed E-state index contributed by atoms with van der Waals surface area (Å²) in [4.78, 5) is 14.4. The molecule has 0 saturated carbocycles. The van der Waals surface area contributed by atoms with Gasteiger partial charge < -0.3 is 10.4 Å². The molecular formula is C13H8F4N2O2. The lowest BCUT2D eigenvalue weighted by Crippen LogP contribution is -2.06. The Morgan fingerprint density at radius 2 is 1.76 bits per heavy atom. The van der Waals surface area contributed by atoms with Crippen molar-refractivity contribution in [2.24, 2.45) is 0 Å². The second-order valence-corrected chi connectivity index (χ2v) is 4.03. The number of pyridine rings is 1. The molecule has 110 valence electrons. The lowest BCUT2D eigenvalue weighted by molar-refractivity contribution is -0.137. The number of halogens is 4. The molecule has 0 spiro atoms. The van der Waals surface area contributed by atoms with Crippen LogP contribution in [0.2, 0.25) is 0 Å². The number of carboxylic acid groups (broad SMARTS) is 1. The first kappa shape index (κ1) is 14.8. The van der Waals surface area contributed by atoms with Crippen LogP contribution in [0.5, 0.6) is 0 Å². The third-order valence-corrected chi connectivity index (χ3v) is 2.59. The van der Waals surface area contributed by atoms with Crippen LogP contribution in [-0.4, -0.2) is 16.1 Å². The van der Waals surface area contributed by atoms with Crippen LogP contribution in [0.15, 0.2) is 36.5 Å². The molecule has 0 amide bonds. The third kappa shape index (κ3) is 3.28. The molecule has 0 fully saturated rings. The van der Waals surface area contributed by atoms with Crippen LogP contribution < -0.4 is 5.32 Å². The number of rotatable bonds is 3. The number of nitrogens with one attached hydrogen (secondary N) is 1. The number of aromatic nitrogens is 1. The Labute approximate surface area is 116 Å². The molecule has 4 nitrogen and oxygen atoms in total. The average Bonchev–Trinajstić information content (AvgIpc) is 2.40. The Bertz CT molecular complexity index is 669. The van der Waals surface area contributed by atoms with E-state index in [-0.39, 0.29) is 11.5 Å². The van der Waals surface area contributed by atoms with Crippen molar-refractivity contribution < 1.29 is 27.5 Å². The van der Waals surface area contributed by atoms with Crippen LogP contribution in [0, 0.1) is 5.82 Å². The highest BCUT2D eigenvalue weighted by Gasteiger charge is 2.30. The predicted molar refractivity (Wildman–Crippen MR) is 65.9 cm³/mol. The Balaban J connectivity index is 2.27. The number of hydrogen-bond donors (Lipinski definition) is 2. The Kier molecular flexibility index (Phi) is 3.79. The summed E-state index contributed by atoms with van der Waals surface area (Å²) in [7, 11) is 0. The molecular weight excluding hydrogens is 292 g/mol. The fourth-order valence-electron chi connectivity index (χ4n) is 1.58. The fraction of sp³-hybridized carbons (Fsp3) is 0.0769. The second kappa shape index (κ2) is 5.39. The zero-order valence-electron chi connectivity index (χ0n) is 10.3. The number of aromatic carboxylic acids is 1. The van der Waals surface area contributed by atoms with Gasteiger partial charge in [0.05, 0.1) is 5.56 Å². The van der Waals surface area contributed by atoms with Gasteiger partial charge in [0.2, 0.25) is 0 Å². The van der Waals surface area contributed by atoms with E-state index in [1.807, 2.05) is 0 Å². The second-order valence-electron chi connectivity index (χ2n) is 4.03. The highest BCUT2D eigenvalue weighted by molar-refractivity contribution is 5.89. The minimum Gasteiger partial charge on any atom is -0.478 e. The molecule has 1 heterocycles. The van der Waals surface area contributed by atoms with Crippen molar-refractivity contribution in [2.45, 2.75) is 6.18 Å². The molecule has 1 aromatic carbocycles. The van der Waals surface area contributed by atoms with Crippen LogP contribution in [0.4, 0.5) is 29.1 Å². The van der Waals surface area contributed by atoms with Crippen LogP contribution in [-0.2, 0) is 6.18 Å². The van der Waals surface area contributed by atoms with Gasteiger partial charge in [0.25, 0.3) is 0 Å². The summed E-state index contributed by atoms with van der Waals surface area (Å²) < 4.78 is 51.0. The van der Waals surface area contributed by atoms with Crippen LogP contribution >= 0.6 is 0 Å². The molecule has 0 unspecified atom stereocenters. The van der Waals surface area contributed by atoms with Gasteiger partial charge >= 0.3 is 12.1 Å². The number of alkyl halides is 3. The van der Waals surface area contributed by atoms with Crippen LogP contribution in [0.1, 0.15) is 15.9 Å². The number of carboxylic acids is 1. The topological polar surface area (TPSA) is 62.2 Å². The van der Waals surface area contributed by atoms with E-state index in [2.05, 4.69) is 10.3 Å². The molecule has 0 bridgehead atoms. The molecule has 2 N–H and O–H groups in total. The van der Waals surface area contributed by atoms with E-state index in [0.717, 1.165) is 36.5 Å². The van der Waals surface area contributed by atoms with Gasteiger partial charge in [-0.15, -0.1) is 0 Å². The standard InChI is InChI=1S/C13H8F4N2O2/c14-10-9(12(20)21)5-6-18-11(10)19-8-3-1-7(2-4-8)13(15,16)17/h1-6H,(H,18,19)(H,20,21). The molecule has 0 aliphatic heterocycles. The maximum Gasteiger partial charge on any atom is 0.416 e. The van der Waals surface area contributed by atoms with Gasteiger partial charge in [-0.2, -0.15) is 13.2 Å². The van der Waals surface area contributed by atoms with Crippen molar-refractivity contribution >= 4 is 17.5 Å². The summed E-state index contributed by atoms with van der Waals surface area (Å²) in [6, 6.07) is 4.81. The van der Waals surface area contributed by atoms with Crippen molar-refractivity contribution in [3.63, 3.8) is 0 Å². The minimum atomic E-state index is -4.47. The molecule has 21 heavy (non-hydrogen) atoms. The SMILES string of the molecule is O=C(O)c1ccnc(Nc2ccc(C(F)(F)F)cc2)c1F. The van der Waals surface area contributed by atoms with Gasteiger partial charge in [0.15, 0.2) is 11.6 Å². The van der Waals surface area contributed by atoms with E-state index in [1.54, 1.807) is 0 Å². The van der Waals surface area contributed by atoms with E-state index in [1.165, 1.54) is 0 Å². The predicted octanol–water partition coefficient (Wildman–Crippen LogP) is 3.68. The third-order valence-electron chi connectivity index (χ3n) is 2.59. The van der Waals surface area contributed by atoms with Gasteiger partial charge in [-0.3, -0.25) is 0 Å². The van der Waals surface area contributed by atoms with E-state index in [4.69, 9.17) is 5.11 Å². The van der Waals surface area contributed by atoms with Crippen molar-refractivity contribution in [3.05, 3.63) is 53.5 Å². The number of hydrogen-bond acceptors (Lipinski definition) is 3. The van der Waals surface area contributed by atoms with Crippen molar-refractivity contribution in [1.29, 1.82) is 0 Å². The van der Waals surface area contributed by atoms with Gasteiger partial charge in [0, 0.05) is 11.9 Å². The number of carbonyl (C=O) groups is 1. The molecule has 2 rings (SSSR count). The summed E-state index contributed by atoms with van der Waals surface area (Å²) in [5.74, 6) is -2.94. The Morgan fingerprint density at radius 3 is 2.29 bits per heavy atom. The molecule has 0 radical (unpaired) electrons. The van der Waals surface area contributed by atoms with Crippen molar-refractivity contribution in [1.82, 2.24) is 4.98 Å². The Hall–Kier alpha value is -2.64. The molecule has 1 aromatic heterocycles. The average molecular weight is 300 g/mol. The zero-order chi connectivity index (χ0) is 15.6. The van der Waals surface area contributed by atoms with Crippen LogP contribution in [0.25, 0.3) is 0 Å². The molecule has 2 aromatic rings. The summed E-state index contributed by atoms with van der Waals surface area (Å²) in [5, 5.41) is 11.2. The van der Waals surface area contributed by atoms with E-state index in [0.29, 0.717) is 0 Å². The molecule has 0 saturated heterocycles. The first-order valence-electron chi connectivity index (χ1n) is 5.61. The monoisotopic (exact) mass is 300 g/mol. The van der Waals surface area contributed by atoms with Crippen LogP contribution in [0.3, 0.4) is 0 Å². The van der Waals surface area contributed by atoms with E-state index < -0.39 is 29.1 Å². The van der Waals surface area contributed by atoms with E-state index in [9.17, 15) is 22.4 Å². The molecule has 0 aliphatic carbocycles. The van der Waals surface area contributed by atoms with Gasteiger partial charge in [-0.05, 0) is 30.3 Å². The smallest absolute Gasteiger partial charge is 0.416 e. The highest BCUT2D eigenvalue weighted by atomic mass is 19.4. The van der Waals surface area contributed by atoms with Crippen molar-refractivity contribution in [3.8, 4) is 0 Å². The lowest BCUT2D eigenvalue weighted by Gasteiger charge is -2.10. The molecule has 0 atom stereocenters. The maximum atomic E-state index is 13.8. The maximum absolute atomic E-state index is 13.8. The van der Waals surface area contributed by atoms with Gasteiger partial charge in [-0.25, -0.2) is 14.2 Å². The number of anilines is 2. The summed E-state index contributed by atoms with van der Waals surface area (Å²) in [6.07, 6.45) is -3.38. The fourth-order valence-corrected chi connectivity index (χ4v) is 1.58. The summed E-state index contributed by atoms with van der Waals surface area (Å²) >= 11 is 0. The van der Waals surface area contributed by atoms with Gasteiger partial charge in [-0.1, -0.05) is 0 Å². The summed E-state index contributed by atoms with van der Waals surface area (Å²) in [6.45, 7) is 0. The normalized spacial score (nSPS) is 11.2. The number of benzene rings is 1. The van der Waals surface area contributed by atoms with Gasteiger partial charge in [0.1, 0.15) is 5.56 Å². The first-order chi connectivity index (χ1) is 9.79.